The van der Waals surface area contributed by atoms with Gasteiger partial charge in [-0.1, -0.05) is 38.1 Å². The first-order chi connectivity index (χ1) is 14.8. The van der Waals surface area contributed by atoms with E-state index in [1.807, 2.05) is 13.8 Å². The molecule has 0 bridgehead atoms. The molecule has 9 heteroatoms. The van der Waals surface area contributed by atoms with Crippen molar-refractivity contribution in [3.05, 3.63) is 59.7 Å². The van der Waals surface area contributed by atoms with Crippen molar-refractivity contribution in [1.82, 2.24) is 0 Å². The van der Waals surface area contributed by atoms with Gasteiger partial charge in [-0.15, -0.1) is 24.8 Å². The van der Waals surface area contributed by atoms with Crippen molar-refractivity contribution < 1.29 is 33.4 Å². The molecule has 0 amide bonds. The lowest BCUT2D eigenvalue weighted by Crippen LogP contribution is -2.23. The first kappa shape index (κ1) is 30.1. The second kappa shape index (κ2) is 14.3. The van der Waals surface area contributed by atoms with Crippen LogP contribution in [0.2, 0.25) is 0 Å². The Morgan fingerprint density at radius 2 is 1.00 bits per heavy atom. The summed E-state index contributed by atoms with van der Waals surface area (Å²) in [7, 11) is 0. The molecule has 0 aliphatic rings. The molecule has 0 radical (unpaired) electrons. The minimum absolute atomic E-state index is 0. The minimum Gasteiger partial charge on any atom is -0.457 e. The average Bonchev–Trinajstić information content (AvgIpc) is 2.78. The summed E-state index contributed by atoms with van der Waals surface area (Å²) in [5.74, 6) is -3.60. The molecule has 2 aromatic carbocycles. The second-order valence-corrected chi connectivity index (χ2v) is 7.00. The number of carbonyl (C=O) groups is 4. The molecular formula is C24H28Cl2O7. The third-order valence-electron chi connectivity index (χ3n) is 4.62. The van der Waals surface area contributed by atoms with Crippen LogP contribution in [0.15, 0.2) is 48.5 Å². The van der Waals surface area contributed by atoms with Crippen molar-refractivity contribution in [3.8, 4) is 11.5 Å². The summed E-state index contributed by atoms with van der Waals surface area (Å²) < 4.78 is 16.0. The zero-order valence-electron chi connectivity index (χ0n) is 18.9. The Bertz CT molecular complexity index is 897. The fraction of sp³-hybridized carbons (Fsp3) is 0.333. The highest BCUT2D eigenvalue weighted by atomic mass is 35.5. The van der Waals surface area contributed by atoms with Gasteiger partial charge in [-0.3, -0.25) is 9.59 Å². The van der Waals surface area contributed by atoms with E-state index < -0.39 is 35.7 Å². The van der Waals surface area contributed by atoms with Crippen LogP contribution in [0, 0.1) is 0 Å². The standard InChI is InChI=1S/C24H26O7.2ClH/c1-5-15(3)29-23(27)21(25)17-11-7-9-13-19(17)31-20-14-10-8-12-18(20)22(26)24(28)30-16(4)6-2;;/h7-16H,5-6H2,1-4H3;2*1H. The van der Waals surface area contributed by atoms with Gasteiger partial charge in [0.15, 0.2) is 0 Å². The van der Waals surface area contributed by atoms with E-state index in [0.29, 0.717) is 12.8 Å². The van der Waals surface area contributed by atoms with Gasteiger partial charge in [-0.2, -0.15) is 0 Å². The van der Waals surface area contributed by atoms with E-state index in [4.69, 9.17) is 14.2 Å². The van der Waals surface area contributed by atoms with Crippen LogP contribution in [0.5, 0.6) is 11.5 Å². The molecule has 2 atom stereocenters. The number of halogens is 2. The Hall–Kier alpha value is -2.90. The fourth-order valence-electron chi connectivity index (χ4n) is 2.46. The monoisotopic (exact) mass is 498 g/mol. The molecule has 2 rings (SSSR count). The van der Waals surface area contributed by atoms with E-state index in [0.717, 1.165) is 0 Å². The zero-order chi connectivity index (χ0) is 23.0. The van der Waals surface area contributed by atoms with Crippen LogP contribution in [0.1, 0.15) is 61.3 Å². The smallest absolute Gasteiger partial charge is 0.380 e. The Balaban J connectivity index is 0.00000512. The van der Waals surface area contributed by atoms with Gasteiger partial charge in [0.2, 0.25) is 0 Å². The van der Waals surface area contributed by atoms with Gasteiger partial charge in [0.05, 0.1) is 23.3 Å². The zero-order valence-corrected chi connectivity index (χ0v) is 20.5. The lowest BCUT2D eigenvalue weighted by molar-refractivity contribution is -0.143. The predicted octanol–water partition coefficient (Wildman–Crippen LogP) is 5.37. The molecule has 180 valence electrons. The number of Topliss-reactive ketones (excluding diaryl/α,β-unsaturated/α-hetero) is 2. The normalized spacial score (nSPS) is 11.6. The van der Waals surface area contributed by atoms with E-state index >= 15 is 0 Å². The number of ketones is 2. The van der Waals surface area contributed by atoms with E-state index in [2.05, 4.69) is 0 Å². The number of rotatable bonds is 10. The van der Waals surface area contributed by atoms with Gasteiger partial charge in [-0.25, -0.2) is 9.59 Å². The molecule has 0 aliphatic heterocycles. The molecule has 2 unspecified atom stereocenters. The van der Waals surface area contributed by atoms with Crippen molar-refractivity contribution in [1.29, 1.82) is 0 Å². The highest BCUT2D eigenvalue weighted by Gasteiger charge is 2.26. The summed E-state index contributed by atoms with van der Waals surface area (Å²) in [4.78, 5) is 49.5. The number of ether oxygens (including phenoxy) is 3. The first-order valence-electron chi connectivity index (χ1n) is 10.1. The van der Waals surface area contributed by atoms with Crippen molar-refractivity contribution in [2.45, 2.75) is 52.7 Å². The lowest BCUT2D eigenvalue weighted by atomic mass is 10.1. The molecule has 0 heterocycles. The average molecular weight is 499 g/mol. The maximum Gasteiger partial charge on any atom is 0.380 e. The summed E-state index contributed by atoms with van der Waals surface area (Å²) in [5, 5.41) is 0. The van der Waals surface area contributed by atoms with Crippen molar-refractivity contribution >= 4 is 48.3 Å². The molecule has 33 heavy (non-hydrogen) atoms. The van der Waals surface area contributed by atoms with Crippen LogP contribution in [0.3, 0.4) is 0 Å². The van der Waals surface area contributed by atoms with Crippen LogP contribution in [0.25, 0.3) is 0 Å². The van der Waals surface area contributed by atoms with Crippen molar-refractivity contribution in [2.75, 3.05) is 0 Å². The topological polar surface area (TPSA) is 96.0 Å². The van der Waals surface area contributed by atoms with Gasteiger partial charge in [-0.05, 0) is 51.0 Å². The SMILES string of the molecule is CCC(C)OC(=O)C(=O)c1ccccc1Oc1ccccc1C(=O)C(=O)OC(C)CC.Cl.Cl. The molecule has 0 N–H and O–H groups in total. The van der Waals surface area contributed by atoms with Gasteiger partial charge >= 0.3 is 11.9 Å². The summed E-state index contributed by atoms with van der Waals surface area (Å²) in [5.41, 5.74) is -0.0273. The number of carbonyl (C=O) groups excluding carboxylic acids is 4. The van der Waals surface area contributed by atoms with Gasteiger partial charge in [0, 0.05) is 0 Å². The Labute approximate surface area is 205 Å². The Morgan fingerprint density at radius 1 is 0.667 bits per heavy atom. The van der Waals surface area contributed by atoms with Gasteiger partial charge < -0.3 is 14.2 Å². The largest absolute Gasteiger partial charge is 0.457 e. The number of benzene rings is 2. The number of hydrogen-bond donors (Lipinski definition) is 0. The number of para-hydroxylation sites is 2. The lowest BCUT2D eigenvalue weighted by Gasteiger charge is -2.15. The summed E-state index contributed by atoms with van der Waals surface area (Å²) in [6.45, 7) is 7.04. The molecule has 7 nitrogen and oxygen atoms in total. The quantitative estimate of drug-likeness (QED) is 0.246. The second-order valence-electron chi connectivity index (χ2n) is 7.00. The summed E-state index contributed by atoms with van der Waals surface area (Å²) >= 11 is 0. The van der Waals surface area contributed by atoms with Crippen LogP contribution >= 0.6 is 24.8 Å². The van der Waals surface area contributed by atoms with Crippen molar-refractivity contribution in [2.24, 2.45) is 0 Å². The van der Waals surface area contributed by atoms with E-state index in [9.17, 15) is 19.2 Å². The highest BCUT2D eigenvalue weighted by molar-refractivity contribution is 6.42. The molecule has 0 aliphatic carbocycles. The van der Waals surface area contributed by atoms with E-state index in [1.165, 1.54) is 24.3 Å². The number of esters is 2. The predicted molar refractivity (Wildman–Crippen MR) is 128 cm³/mol. The van der Waals surface area contributed by atoms with Gasteiger partial charge in [0.25, 0.3) is 11.6 Å². The van der Waals surface area contributed by atoms with Gasteiger partial charge in [0.1, 0.15) is 11.5 Å². The van der Waals surface area contributed by atoms with Crippen LogP contribution in [-0.2, 0) is 19.1 Å². The Kier molecular flexibility index (Phi) is 13.0. The summed E-state index contributed by atoms with van der Waals surface area (Å²) in [6, 6.07) is 12.2. The molecular weight excluding hydrogens is 471 g/mol. The number of hydrogen-bond acceptors (Lipinski definition) is 7. The van der Waals surface area contributed by atoms with Crippen LogP contribution < -0.4 is 4.74 Å². The van der Waals surface area contributed by atoms with Crippen LogP contribution in [0.4, 0.5) is 0 Å². The van der Waals surface area contributed by atoms with Crippen molar-refractivity contribution in [3.63, 3.8) is 0 Å². The molecule has 0 aromatic heterocycles. The third-order valence-corrected chi connectivity index (χ3v) is 4.62. The third kappa shape index (κ3) is 8.18. The maximum absolute atomic E-state index is 12.6. The maximum atomic E-state index is 12.6. The molecule has 0 saturated heterocycles. The van der Waals surface area contributed by atoms with Crippen LogP contribution in [-0.4, -0.2) is 35.7 Å². The molecule has 0 spiro atoms. The van der Waals surface area contributed by atoms with E-state index in [-0.39, 0.29) is 47.4 Å². The molecule has 0 saturated carbocycles. The first-order valence-corrected chi connectivity index (χ1v) is 10.1. The highest BCUT2D eigenvalue weighted by Crippen LogP contribution is 2.29. The molecule has 2 aromatic rings. The van der Waals surface area contributed by atoms with E-state index in [1.54, 1.807) is 38.1 Å². The molecule has 0 fully saturated rings. The summed E-state index contributed by atoms with van der Waals surface area (Å²) in [6.07, 6.45) is 0.331. The fourth-order valence-corrected chi connectivity index (χ4v) is 2.46. The Morgan fingerprint density at radius 3 is 1.33 bits per heavy atom. The minimum atomic E-state index is -0.994.